The second kappa shape index (κ2) is 5.34. The fourth-order valence-electron chi connectivity index (χ4n) is 2.10. The van der Waals surface area contributed by atoms with Crippen LogP contribution in [0.4, 0.5) is 4.39 Å². The van der Waals surface area contributed by atoms with Crippen molar-refractivity contribution in [3.63, 3.8) is 0 Å². The first kappa shape index (κ1) is 13.5. The number of halogens is 1. The van der Waals surface area contributed by atoms with E-state index < -0.39 is 0 Å². The second-order valence-electron chi connectivity index (χ2n) is 4.66. The Bertz CT molecular complexity index is 617. The van der Waals surface area contributed by atoms with Crippen LogP contribution in [0.3, 0.4) is 0 Å². The lowest BCUT2D eigenvalue weighted by Crippen LogP contribution is -2.10. The molecule has 0 aliphatic heterocycles. The summed E-state index contributed by atoms with van der Waals surface area (Å²) in [5.74, 6) is -0.302. The molecule has 100 valence electrons. The molecule has 0 aliphatic rings. The SMILES string of the molecule is CCn1nc(C)cc1CC(=O)c1ccc(F)c(C)c1. The van der Waals surface area contributed by atoms with Crippen LogP contribution in [0.5, 0.6) is 0 Å². The summed E-state index contributed by atoms with van der Waals surface area (Å²) in [7, 11) is 0. The van der Waals surface area contributed by atoms with E-state index in [1.807, 2.05) is 24.6 Å². The van der Waals surface area contributed by atoms with Gasteiger partial charge in [0, 0.05) is 17.8 Å². The fourth-order valence-corrected chi connectivity index (χ4v) is 2.10. The van der Waals surface area contributed by atoms with Crippen LogP contribution >= 0.6 is 0 Å². The van der Waals surface area contributed by atoms with Gasteiger partial charge in [-0.2, -0.15) is 5.10 Å². The summed E-state index contributed by atoms with van der Waals surface area (Å²) < 4.78 is 15.0. The summed E-state index contributed by atoms with van der Waals surface area (Å²) in [6.45, 7) is 6.29. The van der Waals surface area contributed by atoms with Crippen molar-refractivity contribution >= 4 is 5.78 Å². The summed E-state index contributed by atoms with van der Waals surface area (Å²) in [5, 5.41) is 4.31. The van der Waals surface area contributed by atoms with Gasteiger partial charge in [-0.15, -0.1) is 0 Å². The molecule has 1 heterocycles. The molecule has 0 atom stereocenters. The first-order valence-electron chi connectivity index (χ1n) is 6.34. The average Bonchev–Trinajstić information content (AvgIpc) is 2.72. The zero-order chi connectivity index (χ0) is 14.0. The van der Waals surface area contributed by atoms with Gasteiger partial charge in [-0.3, -0.25) is 9.48 Å². The van der Waals surface area contributed by atoms with Crippen molar-refractivity contribution in [1.29, 1.82) is 0 Å². The fraction of sp³-hybridized carbons (Fsp3) is 0.333. The third-order valence-corrected chi connectivity index (χ3v) is 3.11. The molecule has 2 aromatic rings. The Morgan fingerprint density at radius 1 is 1.32 bits per heavy atom. The van der Waals surface area contributed by atoms with Crippen LogP contribution in [-0.2, 0) is 13.0 Å². The van der Waals surface area contributed by atoms with Crippen molar-refractivity contribution in [3.8, 4) is 0 Å². The van der Waals surface area contributed by atoms with Crippen molar-refractivity contribution in [2.24, 2.45) is 0 Å². The molecule has 0 bridgehead atoms. The number of nitrogens with zero attached hydrogens (tertiary/aromatic N) is 2. The summed E-state index contributed by atoms with van der Waals surface area (Å²) in [5.41, 5.74) is 2.83. The normalized spacial score (nSPS) is 10.7. The molecule has 2 rings (SSSR count). The maximum Gasteiger partial charge on any atom is 0.168 e. The molecule has 0 unspecified atom stereocenters. The molecule has 0 radical (unpaired) electrons. The highest BCUT2D eigenvalue weighted by Gasteiger charge is 2.12. The highest BCUT2D eigenvalue weighted by molar-refractivity contribution is 5.97. The summed E-state index contributed by atoms with van der Waals surface area (Å²) in [4.78, 5) is 12.2. The van der Waals surface area contributed by atoms with Gasteiger partial charge in [-0.1, -0.05) is 0 Å². The maximum absolute atomic E-state index is 13.2. The number of rotatable bonds is 4. The molecule has 0 fully saturated rings. The average molecular weight is 260 g/mol. The molecular weight excluding hydrogens is 243 g/mol. The van der Waals surface area contributed by atoms with Crippen LogP contribution < -0.4 is 0 Å². The number of carbonyl (C=O) groups excluding carboxylic acids is 1. The van der Waals surface area contributed by atoms with E-state index in [0.29, 0.717) is 17.5 Å². The highest BCUT2D eigenvalue weighted by Crippen LogP contribution is 2.13. The van der Waals surface area contributed by atoms with Gasteiger partial charge in [0.2, 0.25) is 0 Å². The summed E-state index contributed by atoms with van der Waals surface area (Å²) in [6.07, 6.45) is 0.291. The lowest BCUT2D eigenvalue weighted by Gasteiger charge is -2.05. The van der Waals surface area contributed by atoms with E-state index in [4.69, 9.17) is 0 Å². The van der Waals surface area contributed by atoms with Gasteiger partial charge in [0.05, 0.1) is 12.1 Å². The van der Waals surface area contributed by atoms with Gasteiger partial charge < -0.3 is 0 Å². The predicted octanol–water partition coefficient (Wildman–Crippen LogP) is 3.08. The Balaban J connectivity index is 2.22. The quantitative estimate of drug-likeness (QED) is 0.792. The first-order valence-corrected chi connectivity index (χ1v) is 6.34. The molecule has 3 nitrogen and oxygen atoms in total. The number of hydrogen-bond donors (Lipinski definition) is 0. The predicted molar refractivity (Wildman–Crippen MR) is 71.8 cm³/mol. The lowest BCUT2D eigenvalue weighted by atomic mass is 10.0. The van der Waals surface area contributed by atoms with Crippen molar-refractivity contribution in [2.45, 2.75) is 33.7 Å². The molecule has 0 spiro atoms. The molecule has 1 aromatic carbocycles. The van der Waals surface area contributed by atoms with E-state index in [0.717, 1.165) is 17.9 Å². The first-order chi connectivity index (χ1) is 9.01. The van der Waals surface area contributed by atoms with Gasteiger partial charge in [-0.05, 0) is 50.6 Å². The molecule has 4 heteroatoms. The number of Topliss-reactive ketones (excluding diaryl/α,β-unsaturated/α-hetero) is 1. The van der Waals surface area contributed by atoms with Crippen LogP contribution in [0.2, 0.25) is 0 Å². The molecule has 0 aliphatic carbocycles. The molecule has 1 aromatic heterocycles. The molecule has 0 amide bonds. The molecular formula is C15H17FN2O. The van der Waals surface area contributed by atoms with E-state index in [-0.39, 0.29) is 11.6 Å². The number of ketones is 1. The van der Waals surface area contributed by atoms with Crippen molar-refractivity contribution < 1.29 is 9.18 Å². The molecule has 0 saturated heterocycles. The Hall–Kier alpha value is -1.97. The summed E-state index contributed by atoms with van der Waals surface area (Å²) >= 11 is 0. The van der Waals surface area contributed by atoms with E-state index in [2.05, 4.69) is 5.10 Å². The lowest BCUT2D eigenvalue weighted by molar-refractivity contribution is 0.0990. The van der Waals surface area contributed by atoms with Gasteiger partial charge in [0.15, 0.2) is 5.78 Å². The topological polar surface area (TPSA) is 34.9 Å². The third kappa shape index (κ3) is 2.89. The van der Waals surface area contributed by atoms with E-state index >= 15 is 0 Å². The number of aromatic nitrogens is 2. The van der Waals surface area contributed by atoms with Gasteiger partial charge in [0.25, 0.3) is 0 Å². The minimum atomic E-state index is -0.286. The Morgan fingerprint density at radius 3 is 2.68 bits per heavy atom. The molecule has 0 N–H and O–H groups in total. The molecule has 0 saturated carbocycles. The largest absolute Gasteiger partial charge is 0.294 e. The van der Waals surface area contributed by atoms with E-state index in [9.17, 15) is 9.18 Å². The smallest absolute Gasteiger partial charge is 0.168 e. The van der Waals surface area contributed by atoms with Crippen LogP contribution in [0.15, 0.2) is 24.3 Å². The number of benzene rings is 1. The summed E-state index contributed by atoms with van der Waals surface area (Å²) in [6, 6.07) is 6.38. The van der Waals surface area contributed by atoms with Gasteiger partial charge >= 0.3 is 0 Å². The van der Waals surface area contributed by atoms with Crippen LogP contribution in [0, 0.1) is 19.7 Å². The third-order valence-electron chi connectivity index (χ3n) is 3.11. The van der Waals surface area contributed by atoms with Crippen molar-refractivity contribution in [3.05, 3.63) is 52.6 Å². The van der Waals surface area contributed by atoms with E-state index in [1.54, 1.807) is 13.0 Å². The van der Waals surface area contributed by atoms with E-state index in [1.165, 1.54) is 12.1 Å². The van der Waals surface area contributed by atoms with Crippen molar-refractivity contribution in [1.82, 2.24) is 9.78 Å². The van der Waals surface area contributed by atoms with Crippen molar-refractivity contribution in [2.75, 3.05) is 0 Å². The number of hydrogen-bond acceptors (Lipinski definition) is 2. The zero-order valence-electron chi connectivity index (χ0n) is 11.4. The Labute approximate surface area is 112 Å². The Kier molecular flexibility index (Phi) is 3.79. The number of aryl methyl sites for hydroxylation is 3. The standard InChI is InChI=1S/C15H17FN2O/c1-4-18-13(8-11(3)17-18)9-15(19)12-5-6-14(16)10(2)7-12/h5-8H,4,9H2,1-3H3. The minimum absolute atomic E-state index is 0.0160. The highest BCUT2D eigenvalue weighted by atomic mass is 19.1. The van der Waals surface area contributed by atoms with Crippen LogP contribution in [0.25, 0.3) is 0 Å². The van der Waals surface area contributed by atoms with Gasteiger partial charge in [-0.25, -0.2) is 4.39 Å². The minimum Gasteiger partial charge on any atom is -0.294 e. The second-order valence-corrected chi connectivity index (χ2v) is 4.66. The number of carbonyl (C=O) groups is 1. The van der Waals surface area contributed by atoms with Crippen LogP contribution in [-0.4, -0.2) is 15.6 Å². The Morgan fingerprint density at radius 2 is 2.05 bits per heavy atom. The monoisotopic (exact) mass is 260 g/mol. The van der Waals surface area contributed by atoms with Crippen LogP contribution in [0.1, 0.15) is 34.2 Å². The molecule has 19 heavy (non-hydrogen) atoms. The zero-order valence-corrected chi connectivity index (χ0v) is 11.4. The maximum atomic E-state index is 13.2. The van der Waals surface area contributed by atoms with Gasteiger partial charge in [0.1, 0.15) is 5.82 Å².